The zero-order valence-corrected chi connectivity index (χ0v) is 19.4. The van der Waals surface area contributed by atoms with Gasteiger partial charge in [0.15, 0.2) is 11.5 Å². The Morgan fingerprint density at radius 3 is 2.74 bits per heavy atom. The Hall–Kier alpha value is -2.60. The van der Waals surface area contributed by atoms with Crippen LogP contribution in [0.2, 0.25) is 0 Å². The zero-order chi connectivity index (χ0) is 24.1. The second kappa shape index (κ2) is 5.86. The Kier molecular flexibility index (Phi) is 3.44. The van der Waals surface area contributed by atoms with Crippen LogP contribution in [0.1, 0.15) is 24.8 Å². The molecule has 3 saturated carbocycles. The van der Waals surface area contributed by atoms with Crippen LogP contribution in [0.25, 0.3) is 0 Å². The van der Waals surface area contributed by atoms with Crippen molar-refractivity contribution in [2.24, 2.45) is 5.41 Å². The van der Waals surface area contributed by atoms with Crippen molar-refractivity contribution in [2.45, 2.75) is 60.2 Å². The molecule has 11 nitrogen and oxygen atoms in total. The maximum Gasteiger partial charge on any atom is 0.414 e. The molecule has 1 aromatic carbocycles. The first kappa shape index (κ1) is 20.6. The lowest BCUT2D eigenvalue weighted by atomic mass is 9.36. The van der Waals surface area contributed by atoms with Crippen molar-refractivity contribution in [3.63, 3.8) is 0 Å². The molecule has 3 aliphatic carbocycles. The van der Waals surface area contributed by atoms with Gasteiger partial charge in [-0.05, 0) is 37.4 Å². The number of benzene rings is 1. The van der Waals surface area contributed by atoms with Gasteiger partial charge in [-0.25, -0.2) is 9.59 Å². The lowest BCUT2D eigenvalue weighted by molar-refractivity contribution is -0.279. The molecule has 1 aromatic rings. The van der Waals surface area contributed by atoms with Crippen molar-refractivity contribution in [3.8, 4) is 11.5 Å². The van der Waals surface area contributed by atoms with Gasteiger partial charge in [0.2, 0.25) is 12.4 Å². The van der Waals surface area contributed by atoms with E-state index < -0.39 is 40.1 Å². The molecular weight excluding hydrogens is 460 g/mol. The van der Waals surface area contributed by atoms with Crippen LogP contribution in [-0.4, -0.2) is 96.8 Å². The number of anilines is 1. The molecule has 8 aliphatic rings. The Morgan fingerprint density at radius 1 is 1.14 bits per heavy atom. The van der Waals surface area contributed by atoms with Gasteiger partial charge < -0.3 is 33.9 Å². The highest BCUT2D eigenvalue weighted by Crippen LogP contribution is 2.79. The van der Waals surface area contributed by atoms with Gasteiger partial charge in [-0.15, -0.1) is 0 Å². The van der Waals surface area contributed by atoms with Crippen LogP contribution in [0.15, 0.2) is 12.1 Å². The predicted octanol–water partition coefficient (Wildman–Crippen LogP) is -0.108. The number of rotatable bonds is 1. The Morgan fingerprint density at radius 2 is 1.97 bits per heavy atom. The predicted molar refractivity (Wildman–Crippen MR) is 115 cm³/mol. The number of methoxy groups -OCH3 is 2. The van der Waals surface area contributed by atoms with Crippen LogP contribution >= 0.6 is 0 Å². The summed E-state index contributed by atoms with van der Waals surface area (Å²) in [4.78, 5) is 30.9. The smallest absolute Gasteiger partial charge is 0.414 e. The van der Waals surface area contributed by atoms with E-state index in [0.717, 1.165) is 5.56 Å². The van der Waals surface area contributed by atoms with E-state index in [-0.39, 0.29) is 31.5 Å². The van der Waals surface area contributed by atoms with Crippen LogP contribution in [0.4, 0.5) is 10.5 Å². The maximum atomic E-state index is 13.6. The summed E-state index contributed by atoms with van der Waals surface area (Å²) in [6, 6.07) is 3.46. The minimum Gasteiger partial charge on any atom is -0.467 e. The Balaban J connectivity index is 1.53. The molecule has 2 bridgehead atoms. The highest BCUT2D eigenvalue weighted by molar-refractivity contribution is 6.02. The number of fused-ring (bicyclic) bond motifs is 6. The van der Waals surface area contributed by atoms with Crippen LogP contribution in [0.3, 0.4) is 0 Å². The third-order valence-electron chi connectivity index (χ3n) is 10.3. The number of carbonyl (C=O) groups excluding carboxylic acids is 2. The first-order valence-corrected chi connectivity index (χ1v) is 12.0. The van der Waals surface area contributed by atoms with E-state index in [1.807, 2.05) is 12.1 Å². The molecule has 11 heteroatoms. The highest BCUT2D eigenvalue weighted by Gasteiger charge is 2.93. The number of amides is 1. The van der Waals surface area contributed by atoms with Gasteiger partial charge in [0.05, 0.1) is 32.1 Å². The van der Waals surface area contributed by atoms with Crippen molar-refractivity contribution < 1.29 is 43.5 Å². The first-order chi connectivity index (χ1) is 16.8. The second-order valence-corrected chi connectivity index (χ2v) is 10.8. The number of aliphatic hydroxyl groups excluding tert-OH is 1. The Bertz CT molecular complexity index is 1220. The van der Waals surface area contributed by atoms with E-state index in [9.17, 15) is 19.8 Å². The molecule has 1 amide bonds. The summed E-state index contributed by atoms with van der Waals surface area (Å²) in [5.41, 5.74) is -4.57. The lowest BCUT2D eigenvalue weighted by Gasteiger charge is -2.72. The van der Waals surface area contributed by atoms with Gasteiger partial charge in [0.1, 0.15) is 11.6 Å². The fourth-order valence-corrected chi connectivity index (χ4v) is 9.45. The first-order valence-electron chi connectivity index (χ1n) is 12.0. The number of ether oxygens (including phenoxy) is 5. The summed E-state index contributed by atoms with van der Waals surface area (Å²) in [5, 5.41) is 24.6. The minimum atomic E-state index is -2.43. The maximum absolute atomic E-state index is 13.6. The normalized spacial score (nSPS) is 47.0. The van der Waals surface area contributed by atoms with Crippen molar-refractivity contribution in [3.05, 3.63) is 17.7 Å². The van der Waals surface area contributed by atoms with Crippen LogP contribution in [-0.2, 0) is 24.4 Å². The molecular formula is C24H26N2O9. The van der Waals surface area contributed by atoms with Crippen molar-refractivity contribution >= 4 is 17.7 Å². The molecule has 9 rings (SSSR count). The van der Waals surface area contributed by atoms with Gasteiger partial charge >= 0.3 is 12.1 Å². The molecule has 3 saturated heterocycles. The van der Waals surface area contributed by atoms with Gasteiger partial charge in [-0.1, -0.05) is 6.07 Å². The van der Waals surface area contributed by atoms with E-state index in [1.165, 1.54) is 19.1 Å². The molecule has 0 aromatic heterocycles. The summed E-state index contributed by atoms with van der Waals surface area (Å²) in [5.74, 6) is -0.127. The summed E-state index contributed by atoms with van der Waals surface area (Å²) in [7, 11) is 2.45. The minimum absolute atomic E-state index is 0.0121. The largest absolute Gasteiger partial charge is 0.467 e. The number of nitrogens with zero attached hydrogens (tertiary/aromatic N) is 2. The van der Waals surface area contributed by atoms with Crippen molar-refractivity contribution in [2.75, 3.05) is 39.0 Å². The molecule has 5 aliphatic heterocycles. The number of epoxide rings is 1. The topological polar surface area (TPSA) is 131 Å². The standard InChI is InChI=1S/C24H26N2O9/c1-31-19(28)24(30)18(27)21-5-6-23(24)22(7-8-25(17(21)22)9-13-16(21)35-13)11-3-4-12-15(34-10-33-12)14(11)26(23)20(29)32-2/h3-4,13,16-18,27,30H,5-10H2,1-2H3/t13-,16-,17-,18+,21?,22+,23?,24+/m0/s1. The SMILES string of the molecule is COC(=O)N1c2c(ccc3c2OCO3)[C@@]23CCN4C[C@@H]5O[C@@H]5C5(CCC12[C@](O)(C(=O)OC)[C@@H]5O)[C@H]43. The van der Waals surface area contributed by atoms with Gasteiger partial charge in [0, 0.05) is 23.4 Å². The number of carbonyl (C=O) groups is 2. The van der Waals surface area contributed by atoms with Crippen molar-refractivity contribution in [1.82, 2.24) is 4.90 Å². The number of hydrogen-bond donors (Lipinski definition) is 2. The highest BCUT2D eigenvalue weighted by atomic mass is 16.7. The van der Waals surface area contributed by atoms with Crippen molar-refractivity contribution in [1.29, 1.82) is 0 Å². The molecule has 6 fully saturated rings. The Labute approximate surface area is 200 Å². The van der Waals surface area contributed by atoms with E-state index in [0.29, 0.717) is 43.1 Å². The second-order valence-electron chi connectivity index (χ2n) is 10.8. The van der Waals surface area contributed by atoms with E-state index in [4.69, 9.17) is 23.7 Å². The van der Waals surface area contributed by atoms with Gasteiger partial charge in [-0.3, -0.25) is 9.80 Å². The molecule has 3 spiro atoms. The molecule has 8 atom stereocenters. The lowest BCUT2D eigenvalue weighted by Crippen LogP contribution is -2.92. The van der Waals surface area contributed by atoms with Gasteiger partial charge in [-0.2, -0.15) is 0 Å². The monoisotopic (exact) mass is 486 g/mol. The molecule has 2 N–H and O–H groups in total. The number of aliphatic hydroxyl groups is 2. The zero-order valence-electron chi connectivity index (χ0n) is 19.4. The summed E-state index contributed by atoms with van der Waals surface area (Å²) in [6.45, 7) is 1.37. The molecule has 0 radical (unpaired) electrons. The number of esters is 1. The summed E-state index contributed by atoms with van der Waals surface area (Å²) in [6.07, 6.45) is -1.30. The summed E-state index contributed by atoms with van der Waals surface area (Å²) >= 11 is 0. The van der Waals surface area contributed by atoms with E-state index in [1.54, 1.807) is 0 Å². The molecule has 2 unspecified atom stereocenters. The third kappa shape index (κ3) is 1.73. The molecule has 186 valence electrons. The van der Waals surface area contributed by atoms with E-state index >= 15 is 0 Å². The molecule has 35 heavy (non-hydrogen) atoms. The third-order valence-corrected chi connectivity index (χ3v) is 10.3. The summed E-state index contributed by atoms with van der Waals surface area (Å²) < 4.78 is 28.0. The van der Waals surface area contributed by atoms with Crippen LogP contribution < -0.4 is 14.4 Å². The quantitative estimate of drug-likeness (QED) is 0.410. The molecule has 5 heterocycles. The average Bonchev–Trinajstić information content (AvgIpc) is 3.22. The fourth-order valence-electron chi connectivity index (χ4n) is 9.45. The van der Waals surface area contributed by atoms with Crippen LogP contribution in [0, 0.1) is 5.41 Å². The fraction of sp³-hybridized carbons (Fsp3) is 0.667. The average molecular weight is 486 g/mol. The van der Waals surface area contributed by atoms with Gasteiger partial charge in [0.25, 0.3) is 0 Å². The van der Waals surface area contributed by atoms with E-state index in [2.05, 4.69) is 4.90 Å². The number of hydrogen-bond acceptors (Lipinski definition) is 10. The van der Waals surface area contributed by atoms with Crippen LogP contribution in [0.5, 0.6) is 11.5 Å². The number of piperidine rings is 1.